The Kier molecular flexibility index (Phi) is 3.84. The van der Waals surface area contributed by atoms with E-state index in [0.29, 0.717) is 18.1 Å². The number of carbonyl (C=O) groups is 1. The Bertz CT molecular complexity index is 657. The standard InChI is InChI=1S/C12H14F2N6O2/c1-7-2-3-8(20(7)12(13)14)11(21)19-4-5-22-9(6-19)10-15-17-18-16-10/h2-3,9,12H,4-6H2,1H3,(H,15,16,17,18). The smallest absolute Gasteiger partial charge is 0.319 e. The van der Waals surface area contributed by atoms with Gasteiger partial charge in [0.15, 0.2) is 0 Å². The van der Waals surface area contributed by atoms with E-state index in [1.165, 1.54) is 24.0 Å². The fourth-order valence-corrected chi connectivity index (χ4v) is 2.44. The molecular formula is C12H14F2N6O2. The minimum absolute atomic E-state index is 0.0405. The lowest BCUT2D eigenvalue weighted by Crippen LogP contribution is -2.43. The predicted molar refractivity (Wildman–Crippen MR) is 69.2 cm³/mol. The van der Waals surface area contributed by atoms with Crippen LogP contribution in [0, 0.1) is 6.92 Å². The first-order valence-corrected chi connectivity index (χ1v) is 6.68. The topological polar surface area (TPSA) is 88.9 Å². The molecule has 1 fully saturated rings. The van der Waals surface area contributed by atoms with Gasteiger partial charge in [-0.3, -0.25) is 9.36 Å². The number of nitrogens with zero attached hydrogens (tertiary/aromatic N) is 5. The number of H-pyrrole nitrogens is 1. The Labute approximate surface area is 124 Å². The number of carbonyl (C=O) groups excluding carboxylic acids is 1. The second-order valence-electron chi connectivity index (χ2n) is 4.89. The molecule has 2 aromatic rings. The first kappa shape index (κ1) is 14.6. The number of hydrogen-bond donors (Lipinski definition) is 1. The van der Waals surface area contributed by atoms with E-state index in [-0.39, 0.29) is 18.8 Å². The van der Waals surface area contributed by atoms with Crippen molar-refractivity contribution in [2.75, 3.05) is 19.7 Å². The minimum atomic E-state index is -2.76. The van der Waals surface area contributed by atoms with Crippen molar-refractivity contribution in [3.05, 3.63) is 29.3 Å². The molecule has 0 bridgehead atoms. The molecule has 1 aliphatic heterocycles. The maximum Gasteiger partial charge on any atom is 0.319 e. The van der Waals surface area contributed by atoms with Crippen LogP contribution >= 0.6 is 0 Å². The number of nitrogens with one attached hydrogen (secondary N) is 1. The summed E-state index contributed by atoms with van der Waals surface area (Å²) >= 11 is 0. The molecule has 0 aliphatic carbocycles. The molecule has 3 rings (SSSR count). The van der Waals surface area contributed by atoms with E-state index in [4.69, 9.17) is 4.74 Å². The fraction of sp³-hybridized carbons (Fsp3) is 0.500. The first-order chi connectivity index (χ1) is 10.6. The van der Waals surface area contributed by atoms with Gasteiger partial charge in [-0.05, 0) is 19.1 Å². The summed E-state index contributed by atoms with van der Waals surface area (Å²) in [6, 6.07) is 2.90. The summed E-state index contributed by atoms with van der Waals surface area (Å²) in [4.78, 5) is 14.0. The number of alkyl halides is 2. The average molecular weight is 312 g/mol. The molecule has 1 saturated heterocycles. The van der Waals surface area contributed by atoms with E-state index in [2.05, 4.69) is 20.6 Å². The third-order valence-electron chi connectivity index (χ3n) is 3.54. The number of ether oxygens (including phenoxy) is 1. The number of aryl methyl sites for hydroxylation is 1. The summed E-state index contributed by atoms with van der Waals surface area (Å²) in [7, 11) is 0. The molecule has 0 spiro atoms. The zero-order valence-electron chi connectivity index (χ0n) is 11.7. The number of halogens is 2. The maximum atomic E-state index is 13.1. The van der Waals surface area contributed by atoms with Gasteiger partial charge in [0.05, 0.1) is 13.2 Å². The molecule has 10 heteroatoms. The number of amides is 1. The summed E-state index contributed by atoms with van der Waals surface area (Å²) in [6.45, 7) is -0.445. The van der Waals surface area contributed by atoms with Crippen molar-refractivity contribution >= 4 is 5.91 Å². The molecule has 118 valence electrons. The molecule has 1 atom stereocenters. The number of aromatic nitrogens is 5. The van der Waals surface area contributed by atoms with Gasteiger partial charge < -0.3 is 9.64 Å². The normalized spacial score (nSPS) is 18.9. The third kappa shape index (κ3) is 2.56. The molecule has 2 aromatic heterocycles. The van der Waals surface area contributed by atoms with Crippen LogP contribution in [0.4, 0.5) is 8.78 Å². The van der Waals surface area contributed by atoms with Gasteiger partial charge in [0.2, 0.25) is 5.82 Å². The molecule has 1 N–H and O–H groups in total. The lowest BCUT2D eigenvalue weighted by atomic mass is 10.2. The summed E-state index contributed by atoms with van der Waals surface area (Å²) in [5.41, 5.74) is 0.294. The highest BCUT2D eigenvalue weighted by atomic mass is 19.3. The summed E-state index contributed by atoms with van der Waals surface area (Å²) < 4.78 is 32.4. The number of hydrogen-bond acceptors (Lipinski definition) is 5. The first-order valence-electron chi connectivity index (χ1n) is 6.68. The zero-order chi connectivity index (χ0) is 15.7. The van der Waals surface area contributed by atoms with Crippen molar-refractivity contribution in [3.63, 3.8) is 0 Å². The van der Waals surface area contributed by atoms with Gasteiger partial charge in [0.25, 0.3) is 5.91 Å². The van der Waals surface area contributed by atoms with Crippen molar-refractivity contribution < 1.29 is 18.3 Å². The van der Waals surface area contributed by atoms with Gasteiger partial charge in [-0.1, -0.05) is 5.21 Å². The van der Waals surface area contributed by atoms with Crippen LogP contribution < -0.4 is 0 Å². The van der Waals surface area contributed by atoms with Gasteiger partial charge in [-0.15, -0.1) is 10.2 Å². The van der Waals surface area contributed by atoms with Crippen molar-refractivity contribution in [1.82, 2.24) is 30.1 Å². The van der Waals surface area contributed by atoms with Crippen LogP contribution in [0.15, 0.2) is 12.1 Å². The summed E-state index contributed by atoms with van der Waals surface area (Å²) in [5, 5.41) is 13.4. The molecule has 22 heavy (non-hydrogen) atoms. The predicted octanol–water partition coefficient (Wildman–Crippen LogP) is 0.918. The van der Waals surface area contributed by atoms with E-state index in [1.54, 1.807) is 0 Å². The van der Waals surface area contributed by atoms with Crippen LogP contribution in [0.25, 0.3) is 0 Å². The number of aromatic amines is 1. The maximum absolute atomic E-state index is 13.1. The highest BCUT2D eigenvalue weighted by Gasteiger charge is 2.30. The van der Waals surface area contributed by atoms with Crippen LogP contribution in [-0.2, 0) is 4.74 Å². The van der Waals surface area contributed by atoms with E-state index >= 15 is 0 Å². The number of rotatable bonds is 3. The van der Waals surface area contributed by atoms with Gasteiger partial charge in [-0.25, -0.2) is 0 Å². The van der Waals surface area contributed by atoms with Gasteiger partial charge in [0.1, 0.15) is 11.8 Å². The summed E-state index contributed by atoms with van der Waals surface area (Å²) in [6.07, 6.45) is -0.521. The molecular weight excluding hydrogens is 298 g/mol. The fourth-order valence-electron chi connectivity index (χ4n) is 2.44. The second kappa shape index (κ2) is 5.79. The largest absolute Gasteiger partial charge is 0.366 e. The molecule has 0 saturated carbocycles. The van der Waals surface area contributed by atoms with Crippen molar-refractivity contribution in [3.8, 4) is 0 Å². The molecule has 1 amide bonds. The summed E-state index contributed by atoms with van der Waals surface area (Å²) in [5.74, 6) is -0.136. The molecule has 3 heterocycles. The van der Waals surface area contributed by atoms with Crippen LogP contribution in [-0.4, -0.2) is 55.7 Å². The van der Waals surface area contributed by atoms with Crippen molar-refractivity contribution in [1.29, 1.82) is 0 Å². The molecule has 8 nitrogen and oxygen atoms in total. The van der Waals surface area contributed by atoms with Gasteiger partial charge in [-0.2, -0.15) is 14.0 Å². The Morgan fingerprint density at radius 3 is 3.00 bits per heavy atom. The Morgan fingerprint density at radius 2 is 2.32 bits per heavy atom. The lowest BCUT2D eigenvalue weighted by molar-refractivity contribution is -0.0278. The van der Waals surface area contributed by atoms with E-state index in [0.717, 1.165) is 4.57 Å². The highest BCUT2D eigenvalue weighted by Crippen LogP contribution is 2.23. The van der Waals surface area contributed by atoms with Crippen LogP contribution in [0.2, 0.25) is 0 Å². The quantitative estimate of drug-likeness (QED) is 0.910. The zero-order valence-corrected chi connectivity index (χ0v) is 11.7. The SMILES string of the molecule is Cc1ccc(C(=O)N2CCOC(c3nn[nH]n3)C2)n1C(F)F. The Balaban J connectivity index is 1.80. The third-order valence-corrected chi connectivity index (χ3v) is 3.54. The number of morpholine rings is 1. The Hall–Kier alpha value is -2.36. The molecule has 1 unspecified atom stereocenters. The number of tetrazole rings is 1. The van der Waals surface area contributed by atoms with Gasteiger partial charge >= 0.3 is 6.55 Å². The van der Waals surface area contributed by atoms with Crippen molar-refractivity contribution in [2.24, 2.45) is 0 Å². The monoisotopic (exact) mass is 312 g/mol. The minimum Gasteiger partial charge on any atom is -0.366 e. The molecule has 1 aliphatic rings. The van der Waals surface area contributed by atoms with Crippen LogP contribution in [0.3, 0.4) is 0 Å². The van der Waals surface area contributed by atoms with E-state index in [9.17, 15) is 13.6 Å². The molecule has 0 radical (unpaired) electrons. The van der Waals surface area contributed by atoms with E-state index in [1.807, 2.05) is 0 Å². The van der Waals surface area contributed by atoms with Crippen LogP contribution in [0.5, 0.6) is 0 Å². The van der Waals surface area contributed by atoms with Crippen molar-refractivity contribution in [2.45, 2.75) is 19.6 Å². The lowest BCUT2D eigenvalue weighted by Gasteiger charge is -2.31. The highest BCUT2D eigenvalue weighted by molar-refractivity contribution is 5.93. The van der Waals surface area contributed by atoms with Crippen LogP contribution in [0.1, 0.15) is 34.7 Å². The van der Waals surface area contributed by atoms with Gasteiger partial charge in [0, 0.05) is 12.2 Å². The Morgan fingerprint density at radius 1 is 1.50 bits per heavy atom. The van der Waals surface area contributed by atoms with E-state index < -0.39 is 18.6 Å². The molecule has 0 aromatic carbocycles. The average Bonchev–Trinajstić information content (AvgIpc) is 3.16. The second-order valence-corrected chi connectivity index (χ2v) is 4.89.